The van der Waals surface area contributed by atoms with Gasteiger partial charge in [0, 0.05) is 6.54 Å². The van der Waals surface area contributed by atoms with E-state index in [1.807, 2.05) is 58.0 Å². The highest BCUT2D eigenvalue weighted by atomic mass is 16.4. The van der Waals surface area contributed by atoms with Gasteiger partial charge in [-0.05, 0) is 49.5 Å². The predicted octanol–water partition coefficient (Wildman–Crippen LogP) is -2.17. The Morgan fingerprint density at radius 1 is 0.755 bits per heavy atom. The Kier molecular flexibility index (Phi) is 18.9. The van der Waals surface area contributed by atoms with Gasteiger partial charge in [-0.2, -0.15) is 0 Å². The van der Waals surface area contributed by atoms with Crippen molar-refractivity contribution in [3.05, 3.63) is 35.9 Å². The number of rotatable bonds is 22. The Bertz CT molecular complexity index is 1270. The van der Waals surface area contributed by atoms with Gasteiger partial charge in [0.15, 0.2) is 5.96 Å². The van der Waals surface area contributed by atoms with Crippen LogP contribution in [0.15, 0.2) is 35.3 Å². The topological polar surface area (TPSA) is 293 Å². The van der Waals surface area contributed by atoms with Crippen LogP contribution in [0.5, 0.6) is 0 Å². The van der Waals surface area contributed by atoms with E-state index in [9.17, 15) is 28.8 Å². The van der Waals surface area contributed by atoms with Crippen LogP contribution in [-0.4, -0.2) is 102 Å². The number of hydrogen-bond acceptors (Lipinski definition) is 9. The number of hydrogen-bond donors (Lipinski definition) is 10. The summed E-state index contributed by atoms with van der Waals surface area (Å²) < 4.78 is 0. The summed E-state index contributed by atoms with van der Waals surface area (Å²) in [4.78, 5) is 80.4. The fraction of sp³-hybridized carbons (Fsp3) is 0.594. The highest BCUT2D eigenvalue weighted by Crippen LogP contribution is 2.11. The van der Waals surface area contributed by atoms with Crippen LogP contribution >= 0.6 is 0 Å². The first kappa shape index (κ1) is 42.3. The third kappa shape index (κ3) is 17.3. The van der Waals surface area contributed by atoms with Crippen molar-refractivity contribution in [2.45, 2.75) is 90.0 Å². The Morgan fingerprint density at radius 2 is 1.29 bits per heavy atom. The third-order valence-electron chi connectivity index (χ3n) is 7.13. The molecule has 0 unspecified atom stereocenters. The minimum absolute atomic E-state index is 0.00239. The summed E-state index contributed by atoms with van der Waals surface area (Å²) in [7, 11) is 0. The molecule has 5 atom stereocenters. The fourth-order valence-corrected chi connectivity index (χ4v) is 4.68. The van der Waals surface area contributed by atoms with E-state index in [1.165, 1.54) is 0 Å². The lowest BCUT2D eigenvalue weighted by Crippen LogP contribution is -2.58. The van der Waals surface area contributed by atoms with Crippen molar-refractivity contribution in [3.63, 3.8) is 0 Å². The lowest BCUT2D eigenvalue weighted by Gasteiger charge is -2.27. The Balaban J connectivity index is 3.09. The van der Waals surface area contributed by atoms with Gasteiger partial charge in [-0.3, -0.25) is 29.0 Å². The van der Waals surface area contributed by atoms with Crippen LogP contribution < -0.4 is 43.8 Å². The van der Waals surface area contributed by atoms with Crippen molar-refractivity contribution < 1.29 is 39.0 Å². The summed E-state index contributed by atoms with van der Waals surface area (Å²) in [5, 5.41) is 30.6. The average molecular weight is 692 g/mol. The zero-order chi connectivity index (χ0) is 37.1. The van der Waals surface area contributed by atoms with E-state index in [-0.39, 0.29) is 56.4 Å². The van der Waals surface area contributed by atoms with Gasteiger partial charge >= 0.3 is 5.97 Å². The molecule has 17 heteroatoms. The summed E-state index contributed by atoms with van der Waals surface area (Å²) in [6.07, 6.45) is 1.01. The Morgan fingerprint density at radius 3 is 1.78 bits per heavy atom. The molecule has 0 aromatic heterocycles. The first-order valence-corrected chi connectivity index (χ1v) is 16.2. The molecule has 0 saturated heterocycles. The number of carbonyl (C=O) groups is 6. The van der Waals surface area contributed by atoms with Crippen LogP contribution in [-0.2, 0) is 35.2 Å². The largest absolute Gasteiger partial charge is 0.480 e. The van der Waals surface area contributed by atoms with E-state index in [1.54, 1.807) is 0 Å². The van der Waals surface area contributed by atoms with Gasteiger partial charge in [-0.1, -0.05) is 58.0 Å². The molecule has 1 aromatic rings. The lowest BCUT2D eigenvalue weighted by atomic mass is 9.99. The number of carbonyl (C=O) groups excluding carboxylic acids is 5. The van der Waals surface area contributed by atoms with Crippen LogP contribution in [0.2, 0.25) is 0 Å². The van der Waals surface area contributed by atoms with E-state index in [0.717, 1.165) is 5.56 Å². The van der Waals surface area contributed by atoms with Gasteiger partial charge < -0.3 is 54.0 Å². The fourth-order valence-electron chi connectivity index (χ4n) is 4.68. The van der Waals surface area contributed by atoms with E-state index >= 15 is 0 Å². The van der Waals surface area contributed by atoms with E-state index in [4.69, 9.17) is 27.4 Å². The number of carboxylic acid groups (broad SMARTS) is 1. The number of nitrogens with one attached hydrogen (secondary N) is 5. The van der Waals surface area contributed by atoms with Crippen LogP contribution in [0.25, 0.3) is 0 Å². The summed E-state index contributed by atoms with van der Waals surface area (Å²) in [5.41, 5.74) is 17.8. The van der Waals surface area contributed by atoms with Crippen molar-refractivity contribution in [1.82, 2.24) is 26.6 Å². The number of aliphatic hydroxyl groups excluding tert-OH is 1. The second-order valence-corrected chi connectivity index (χ2v) is 12.5. The van der Waals surface area contributed by atoms with Crippen molar-refractivity contribution >= 4 is 41.5 Å². The molecule has 5 amide bonds. The number of amides is 5. The van der Waals surface area contributed by atoms with Gasteiger partial charge in [0.05, 0.1) is 19.2 Å². The highest BCUT2D eigenvalue weighted by Gasteiger charge is 2.31. The molecule has 1 rings (SSSR count). The molecular formula is C32H53N9O8. The normalized spacial score (nSPS) is 14.0. The van der Waals surface area contributed by atoms with Crippen LogP contribution in [0.3, 0.4) is 0 Å². The number of nitrogens with zero attached hydrogens (tertiary/aromatic N) is 1. The van der Waals surface area contributed by atoms with Gasteiger partial charge in [-0.15, -0.1) is 0 Å². The number of guanidine groups is 1. The zero-order valence-corrected chi connectivity index (χ0v) is 28.6. The zero-order valence-electron chi connectivity index (χ0n) is 28.6. The van der Waals surface area contributed by atoms with Crippen LogP contribution in [0.1, 0.15) is 58.9 Å². The Hall–Kier alpha value is -4.77. The summed E-state index contributed by atoms with van der Waals surface area (Å²) in [6, 6.07) is 3.42. The lowest BCUT2D eigenvalue weighted by molar-refractivity contribution is -0.142. The summed E-state index contributed by atoms with van der Waals surface area (Å²) >= 11 is 0. The molecule has 0 radical (unpaired) electrons. The van der Waals surface area contributed by atoms with Gasteiger partial charge in [0.2, 0.25) is 29.5 Å². The quantitative estimate of drug-likeness (QED) is 0.0355. The molecule has 0 heterocycles. The van der Waals surface area contributed by atoms with Crippen molar-refractivity contribution in [2.75, 3.05) is 19.7 Å². The standard InChI is InChI=1S/C32H53N9O8/c1-18(2)13-23(40-27(44)21(33)15-20-9-6-5-7-10-20)30(47)41-24(14-19(3)4)29(46)39-22(11-8-12-36-32(34)35)28(45)37-16-26(43)38-25(17-42)31(48)49/h5-7,9-10,18-19,21-25,42H,8,11-17,33H2,1-4H3,(H,37,45)(H,38,43)(H,39,46)(H,40,44)(H,41,47)(H,48,49)(H4,34,35,36)/t21-,22-,23-,24-,25-/m0/s1. The average Bonchev–Trinajstić information content (AvgIpc) is 3.02. The highest BCUT2D eigenvalue weighted by molar-refractivity contribution is 5.95. The van der Waals surface area contributed by atoms with Crippen LogP contribution in [0.4, 0.5) is 0 Å². The smallest absolute Gasteiger partial charge is 0.328 e. The number of benzene rings is 1. The molecule has 49 heavy (non-hydrogen) atoms. The maximum atomic E-state index is 13.6. The summed E-state index contributed by atoms with van der Waals surface area (Å²) in [5.74, 6) is -5.16. The first-order chi connectivity index (χ1) is 23.0. The molecule has 274 valence electrons. The molecule has 1 aromatic carbocycles. The van der Waals surface area contributed by atoms with Crippen molar-refractivity contribution in [3.8, 4) is 0 Å². The third-order valence-corrected chi connectivity index (χ3v) is 7.13. The minimum Gasteiger partial charge on any atom is -0.480 e. The van der Waals surface area contributed by atoms with E-state index < -0.39 is 78.9 Å². The van der Waals surface area contributed by atoms with E-state index in [0.29, 0.717) is 0 Å². The SMILES string of the molecule is CC(C)C[C@H](NC(=O)[C@H](CC(C)C)NC(=O)[C@@H](N)Cc1ccccc1)C(=O)N[C@@H](CCCN=C(N)N)C(=O)NCC(=O)N[C@@H](CO)C(=O)O. The van der Waals surface area contributed by atoms with E-state index in [2.05, 4.69) is 31.6 Å². The number of carboxylic acids is 1. The monoisotopic (exact) mass is 691 g/mol. The van der Waals surface area contributed by atoms with Gasteiger partial charge in [-0.25, -0.2) is 4.79 Å². The second-order valence-electron chi connectivity index (χ2n) is 12.5. The second kappa shape index (κ2) is 22.0. The molecule has 0 bridgehead atoms. The van der Waals surface area contributed by atoms with Gasteiger partial charge in [0.25, 0.3) is 0 Å². The summed E-state index contributed by atoms with van der Waals surface area (Å²) in [6.45, 7) is 6.09. The molecule has 0 aliphatic rings. The molecule has 0 aliphatic carbocycles. The van der Waals surface area contributed by atoms with Crippen molar-refractivity contribution in [1.29, 1.82) is 0 Å². The molecule has 0 saturated carbocycles. The predicted molar refractivity (Wildman–Crippen MR) is 182 cm³/mol. The molecule has 0 fully saturated rings. The first-order valence-electron chi connectivity index (χ1n) is 16.2. The number of nitrogens with two attached hydrogens (primary N) is 3. The maximum Gasteiger partial charge on any atom is 0.328 e. The van der Waals surface area contributed by atoms with Crippen LogP contribution in [0, 0.1) is 11.8 Å². The molecule has 0 aliphatic heterocycles. The Labute approximate surface area is 286 Å². The molecule has 0 spiro atoms. The van der Waals surface area contributed by atoms with Gasteiger partial charge in [0.1, 0.15) is 24.2 Å². The van der Waals surface area contributed by atoms with Crippen molar-refractivity contribution in [2.24, 2.45) is 34.0 Å². The number of aliphatic carboxylic acids is 1. The molecule has 17 nitrogen and oxygen atoms in total. The maximum absolute atomic E-state index is 13.6. The molecule has 13 N–H and O–H groups in total. The minimum atomic E-state index is -1.57. The number of aliphatic imine (C=N–C) groups is 1. The molecular weight excluding hydrogens is 638 g/mol. The number of aliphatic hydroxyl groups is 1.